The Kier molecular flexibility index (Phi) is 5.66. The second-order valence-corrected chi connectivity index (χ2v) is 6.08. The quantitative estimate of drug-likeness (QED) is 0.681. The van der Waals surface area contributed by atoms with Crippen LogP contribution in [0.5, 0.6) is 5.75 Å². The highest BCUT2D eigenvalue weighted by molar-refractivity contribution is 6.39. The molecule has 2 amide bonds. The highest BCUT2D eigenvalue weighted by Gasteiger charge is 2.19. The first-order valence-electron chi connectivity index (χ1n) is 8.71. The van der Waals surface area contributed by atoms with Crippen LogP contribution in [0.1, 0.15) is 24.9 Å². The van der Waals surface area contributed by atoms with Crippen molar-refractivity contribution in [2.45, 2.75) is 19.4 Å². The van der Waals surface area contributed by atoms with E-state index in [4.69, 9.17) is 4.74 Å². The van der Waals surface area contributed by atoms with Gasteiger partial charge in [-0.25, -0.2) is 0 Å². The van der Waals surface area contributed by atoms with Crippen molar-refractivity contribution in [1.29, 1.82) is 0 Å². The lowest BCUT2D eigenvalue weighted by Gasteiger charge is -2.17. The van der Waals surface area contributed by atoms with E-state index in [0.717, 1.165) is 22.2 Å². The molecule has 1 aromatic heterocycles. The molecule has 3 aromatic rings. The van der Waals surface area contributed by atoms with Crippen LogP contribution >= 0.6 is 0 Å². The van der Waals surface area contributed by atoms with Crippen LogP contribution in [0.15, 0.2) is 60.8 Å². The van der Waals surface area contributed by atoms with Crippen LogP contribution in [0.25, 0.3) is 10.9 Å². The molecular formula is C21H21N3O3. The fourth-order valence-corrected chi connectivity index (χ4v) is 2.81. The van der Waals surface area contributed by atoms with Crippen molar-refractivity contribution < 1.29 is 14.3 Å². The standard InChI is InChI=1S/C21H21N3O3/c1-3-18(14-8-10-17(27-2)11-9-14)24-21(26)20(25)23-16-12-15-6-4-5-7-19(15)22-13-16/h4-13,18H,3H2,1-2H3,(H,23,25)(H,24,26)/t18-/m1/s1. The number of benzene rings is 2. The van der Waals surface area contributed by atoms with Gasteiger partial charge in [0.05, 0.1) is 30.6 Å². The number of aromatic nitrogens is 1. The highest BCUT2D eigenvalue weighted by Crippen LogP contribution is 2.20. The number of ether oxygens (including phenoxy) is 1. The molecule has 0 unspecified atom stereocenters. The third-order valence-corrected chi connectivity index (χ3v) is 4.29. The number of carbonyl (C=O) groups is 2. The monoisotopic (exact) mass is 363 g/mol. The van der Waals surface area contributed by atoms with E-state index in [-0.39, 0.29) is 6.04 Å². The van der Waals surface area contributed by atoms with Crippen LogP contribution in [0.2, 0.25) is 0 Å². The number of methoxy groups -OCH3 is 1. The average Bonchev–Trinajstić information content (AvgIpc) is 2.71. The van der Waals surface area contributed by atoms with E-state index in [1.807, 2.05) is 55.5 Å². The number of rotatable bonds is 5. The maximum Gasteiger partial charge on any atom is 0.313 e. The zero-order valence-electron chi connectivity index (χ0n) is 15.2. The predicted octanol–water partition coefficient (Wildman–Crippen LogP) is 3.45. The van der Waals surface area contributed by atoms with Crippen LogP contribution in [-0.4, -0.2) is 23.9 Å². The number of nitrogens with zero attached hydrogens (tertiary/aromatic N) is 1. The van der Waals surface area contributed by atoms with Crippen molar-refractivity contribution in [2.24, 2.45) is 0 Å². The molecule has 0 bridgehead atoms. The number of carbonyl (C=O) groups excluding carboxylic acids is 2. The number of nitrogens with one attached hydrogen (secondary N) is 2. The second-order valence-electron chi connectivity index (χ2n) is 6.08. The third-order valence-electron chi connectivity index (χ3n) is 4.29. The number of para-hydroxylation sites is 1. The van der Waals surface area contributed by atoms with E-state index in [1.165, 1.54) is 6.20 Å². The SMILES string of the molecule is CC[C@@H](NC(=O)C(=O)Nc1cnc2ccccc2c1)c1ccc(OC)cc1. The summed E-state index contributed by atoms with van der Waals surface area (Å²) in [7, 11) is 1.60. The molecule has 0 saturated heterocycles. The molecule has 0 aliphatic rings. The Labute approximate surface area is 157 Å². The van der Waals surface area contributed by atoms with Gasteiger partial charge >= 0.3 is 11.8 Å². The summed E-state index contributed by atoms with van der Waals surface area (Å²) in [6.07, 6.45) is 2.19. The molecule has 1 heterocycles. The summed E-state index contributed by atoms with van der Waals surface area (Å²) in [5, 5.41) is 6.25. The van der Waals surface area contributed by atoms with Gasteiger partial charge in [-0.05, 0) is 36.2 Å². The van der Waals surface area contributed by atoms with Gasteiger partial charge in [0.1, 0.15) is 5.75 Å². The lowest BCUT2D eigenvalue weighted by Crippen LogP contribution is -2.37. The van der Waals surface area contributed by atoms with E-state index >= 15 is 0 Å². The molecule has 0 fully saturated rings. The summed E-state index contributed by atoms with van der Waals surface area (Å²) in [6, 6.07) is 16.5. The minimum absolute atomic E-state index is 0.260. The Balaban J connectivity index is 1.66. The van der Waals surface area contributed by atoms with Gasteiger partial charge in [0.25, 0.3) is 0 Å². The molecule has 0 saturated carbocycles. The van der Waals surface area contributed by atoms with Crippen molar-refractivity contribution >= 4 is 28.4 Å². The minimum Gasteiger partial charge on any atom is -0.497 e. The second kappa shape index (κ2) is 8.31. The first-order valence-corrected chi connectivity index (χ1v) is 8.71. The van der Waals surface area contributed by atoms with Gasteiger partial charge in [0.15, 0.2) is 0 Å². The summed E-state index contributed by atoms with van der Waals surface area (Å²) in [4.78, 5) is 28.8. The van der Waals surface area contributed by atoms with Gasteiger partial charge in [0, 0.05) is 5.39 Å². The average molecular weight is 363 g/mol. The normalized spacial score (nSPS) is 11.6. The van der Waals surface area contributed by atoms with Crippen LogP contribution in [0, 0.1) is 0 Å². The Hall–Kier alpha value is -3.41. The number of hydrogen-bond donors (Lipinski definition) is 2. The van der Waals surface area contributed by atoms with Crippen molar-refractivity contribution in [3.05, 3.63) is 66.4 Å². The van der Waals surface area contributed by atoms with Gasteiger partial charge < -0.3 is 15.4 Å². The molecule has 3 rings (SSSR count). The maximum atomic E-state index is 12.3. The molecule has 6 heteroatoms. The van der Waals surface area contributed by atoms with Crippen LogP contribution in [0.3, 0.4) is 0 Å². The smallest absolute Gasteiger partial charge is 0.313 e. The molecular weight excluding hydrogens is 342 g/mol. The van der Waals surface area contributed by atoms with E-state index in [2.05, 4.69) is 15.6 Å². The van der Waals surface area contributed by atoms with E-state index in [1.54, 1.807) is 13.2 Å². The molecule has 138 valence electrons. The van der Waals surface area contributed by atoms with Gasteiger partial charge in [-0.1, -0.05) is 37.3 Å². The number of anilines is 1. The molecule has 27 heavy (non-hydrogen) atoms. The molecule has 0 aliphatic carbocycles. The minimum atomic E-state index is -0.723. The van der Waals surface area contributed by atoms with E-state index < -0.39 is 11.8 Å². The van der Waals surface area contributed by atoms with Crippen LogP contribution in [0.4, 0.5) is 5.69 Å². The number of fused-ring (bicyclic) bond motifs is 1. The zero-order valence-corrected chi connectivity index (χ0v) is 15.2. The van der Waals surface area contributed by atoms with Gasteiger partial charge in [-0.2, -0.15) is 0 Å². The van der Waals surface area contributed by atoms with Crippen molar-refractivity contribution in [1.82, 2.24) is 10.3 Å². The molecule has 0 aliphatic heterocycles. The Bertz CT molecular complexity index is 954. The van der Waals surface area contributed by atoms with Crippen LogP contribution in [-0.2, 0) is 9.59 Å². The lowest BCUT2D eigenvalue weighted by atomic mass is 10.0. The van der Waals surface area contributed by atoms with Crippen molar-refractivity contribution in [3.63, 3.8) is 0 Å². The number of hydrogen-bond acceptors (Lipinski definition) is 4. The summed E-state index contributed by atoms with van der Waals surface area (Å²) in [6.45, 7) is 1.94. The van der Waals surface area contributed by atoms with E-state index in [9.17, 15) is 9.59 Å². The number of pyridine rings is 1. The summed E-state index contributed by atoms with van der Waals surface area (Å²) < 4.78 is 5.14. The Morgan fingerprint density at radius 3 is 2.52 bits per heavy atom. The molecule has 2 N–H and O–H groups in total. The largest absolute Gasteiger partial charge is 0.497 e. The predicted molar refractivity (Wildman–Crippen MR) is 105 cm³/mol. The summed E-state index contributed by atoms with van der Waals surface area (Å²) >= 11 is 0. The van der Waals surface area contributed by atoms with Crippen LogP contribution < -0.4 is 15.4 Å². The summed E-state index contributed by atoms with van der Waals surface area (Å²) in [5.74, 6) is -0.675. The Morgan fingerprint density at radius 1 is 1.07 bits per heavy atom. The third kappa shape index (κ3) is 4.41. The lowest BCUT2D eigenvalue weighted by molar-refractivity contribution is -0.136. The number of amides is 2. The topological polar surface area (TPSA) is 80.3 Å². The molecule has 0 radical (unpaired) electrons. The molecule has 0 spiro atoms. The van der Waals surface area contributed by atoms with Crippen molar-refractivity contribution in [3.8, 4) is 5.75 Å². The Morgan fingerprint density at radius 2 is 1.81 bits per heavy atom. The van der Waals surface area contributed by atoms with Gasteiger partial charge in [-0.15, -0.1) is 0 Å². The van der Waals surface area contributed by atoms with Gasteiger partial charge in [-0.3, -0.25) is 14.6 Å². The fourth-order valence-electron chi connectivity index (χ4n) is 2.81. The molecule has 1 atom stereocenters. The summed E-state index contributed by atoms with van der Waals surface area (Å²) in [5.41, 5.74) is 2.21. The van der Waals surface area contributed by atoms with Gasteiger partial charge in [0.2, 0.25) is 0 Å². The van der Waals surface area contributed by atoms with Crippen molar-refractivity contribution in [2.75, 3.05) is 12.4 Å². The fraction of sp³-hybridized carbons (Fsp3) is 0.190. The maximum absolute atomic E-state index is 12.3. The highest BCUT2D eigenvalue weighted by atomic mass is 16.5. The van der Waals surface area contributed by atoms with E-state index in [0.29, 0.717) is 12.1 Å². The molecule has 6 nitrogen and oxygen atoms in total. The first kappa shape index (κ1) is 18.4. The first-order chi connectivity index (χ1) is 13.1. The zero-order chi connectivity index (χ0) is 19.2. The molecule has 2 aromatic carbocycles.